The molecular formula is C24H18INO2. The Balaban J connectivity index is 1.42. The van der Waals surface area contributed by atoms with Gasteiger partial charge in [-0.15, -0.1) is 6.42 Å². The third-order valence-corrected chi connectivity index (χ3v) is 5.53. The van der Waals surface area contributed by atoms with Crippen molar-refractivity contribution in [2.75, 3.05) is 6.61 Å². The molecule has 1 amide bonds. The molecule has 4 heteroatoms. The summed E-state index contributed by atoms with van der Waals surface area (Å²) in [5, 5.41) is 2.82. The zero-order chi connectivity index (χ0) is 19.5. The van der Waals surface area contributed by atoms with Crippen molar-refractivity contribution in [2.24, 2.45) is 0 Å². The van der Waals surface area contributed by atoms with Crippen molar-refractivity contribution >= 4 is 28.7 Å². The first kappa shape index (κ1) is 18.6. The normalized spacial score (nSPS) is 12.0. The molecule has 0 atom stereocenters. The lowest BCUT2D eigenvalue weighted by Crippen LogP contribution is -2.25. The van der Waals surface area contributed by atoms with E-state index in [-0.39, 0.29) is 5.92 Å². The second-order valence-electron chi connectivity index (χ2n) is 6.67. The van der Waals surface area contributed by atoms with Gasteiger partial charge < -0.3 is 10.1 Å². The molecular weight excluding hydrogens is 461 g/mol. The van der Waals surface area contributed by atoms with Crippen LogP contribution in [0, 0.1) is 15.9 Å². The van der Waals surface area contributed by atoms with Crippen molar-refractivity contribution in [2.45, 2.75) is 12.5 Å². The predicted octanol–water partition coefficient (Wildman–Crippen LogP) is 5.31. The van der Waals surface area contributed by atoms with Crippen LogP contribution in [0.15, 0.2) is 66.7 Å². The lowest BCUT2D eigenvalue weighted by atomic mass is 9.98. The second kappa shape index (κ2) is 8.07. The number of hydrogen-bond acceptors (Lipinski definition) is 2. The SMILES string of the molecule is C#Cc1cc(I)cc(CNC(=O)OCC2c3ccccc3-c3ccccc32)c1. The average molecular weight is 479 g/mol. The molecule has 0 fully saturated rings. The largest absolute Gasteiger partial charge is 0.449 e. The molecule has 0 aromatic heterocycles. The van der Waals surface area contributed by atoms with Crippen LogP contribution in [0.2, 0.25) is 0 Å². The van der Waals surface area contributed by atoms with Gasteiger partial charge in [0.25, 0.3) is 0 Å². The van der Waals surface area contributed by atoms with E-state index in [0.717, 1.165) is 14.7 Å². The van der Waals surface area contributed by atoms with Gasteiger partial charge >= 0.3 is 6.09 Å². The fraction of sp³-hybridized carbons (Fsp3) is 0.125. The van der Waals surface area contributed by atoms with Gasteiger partial charge in [-0.2, -0.15) is 0 Å². The Kier molecular flexibility index (Phi) is 5.36. The standard InChI is InChI=1S/C24H18INO2/c1-2-16-11-17(13-18(25)12-16)14-26-24(27)28-15-23-21-9-5-3-7-19(21)20-8-4-6-10-22(20)23/h1,3-13,23H,14-15H2,(H,26,27). The van der Waals surface area contributed by atoms with Crippen LogP contribution in [0.25, 0.3) is 11.1 Å². The Morgan fingerprint density at radius 2 is 1.68 bits per heavy atom. The Hall–Kier alpha value is -2.78. The number of fused-ring (bicyclic) bond motifs is 3. The minimum absolute atomic E-state index is 0.0591. The van der Waals surface area contributed by atoms with Crippen molar-refractivity contribution in [3.63, 3.8) is 0 Å². The van der Waals surface area contributed by atoms with Crippen LogP contribution in [0.5, 0.6) is 0 Å². The smallest absolute Gasteiger partial charge is 0.407 e. The summed E-state index contributed by atoms with van der Waals surface area (Å²) in [6.45, 7) is 0.685. The summed E-state index contributed by atoms with van der Waals surface area (Å²) < 4.78 is 6.60. The van der Waals surface area contributed by atoms with E-state index in [2.05, 4.69) is 58.1 Å². The molecule has 0 aliphatic heterocycles. The molecule has 0 saturated heterocycles. The third-order valence-electron chi connectivity index (χ3n) is 4.90. The maximum atomic E-state index is 12.3. The number of halogens is 1. The van der Waals surface area contributed by atoms with Gasteiger partial charge in [-0.25, -0.2) is 4.79 Å². The van der Waals surface area contributed by atoms with Gasteiger partial charge in [-0.1, -0.05) is 54.5 Å². The van der Waals surface area contributed by atoms with Gasteiger partial charge in [-0.3, -0.25) is 0 Å². The quantitative estimate of drug-likeness (QED) is 0.407. The molecule has 0 spiro atoms. The molecule has 138 valence electrons. The monoisotopic (exact) mass is 479 g/mol. The van der Waals surface area contributed by atoms with Crippen molar-refractivity contribution in [3.05, 3.63) is 92.6 Å². The highest BCUT2D eigenvalue weighted by Gasteiger charge is 2.28. The van der Waals surface area contributed by atoms with Crippen molar-refractivity contribution in [1.29, 1.82) is 0 Å². The van der Waals surface area contributed by atoms with Crippen LogP contribution in [0.3, 0.4) is 0 Å². The summed E-state index contributed by atoms with van der Waals surface area (Å²) in [7, 11) is 0. The Morgan fingerprint density at radius 3 is 2.32 bits per heavy atom. The van der Waals surface area contributed by atoms with E-state index in [1.807, 2.05) is 42.5 Å². The fourth-order valence-electron chi connectivity index (χ4n) is 3.66. The second-order valence-corrected chi connectivity index (χ2v) is 7.92. The summed E-state index contributed by atoms with van der Waals surface area (Å²) in [5.41, 5.74) is 6.59. The summed E-state index contributed by atoms with van der Waals surface area (Å²) in [4.78, 5) is 12.3. The number of alkyl carbamates (subject to hydrolysis) is 1. The number of ether oxygens (including phenoxy) is 1. The zero-order valence-corrected chi connectivity index (χ0v) is 17.3. The van der Waals surface area contributed by atoms with Crippen LogP contribution < -0.4 is 5.32 Å². The molecule has 4 rings (SSSR count). The molecule has 0 radical (unpaired) electrons. The van der Waals surface area contributed by atoms with Crippen molar-refractivity contribution in [3.8, 4) is 23.5 Å². The highest BCUT2D eigenvalue weighted by Crippen LogP contribution is 2.44. The molecule has 1 aliphatic rings. The number of hydrogen-bond donors (Lipinski definition) is 1. The lowest BCUT2D eigenvalue weighted by molar-refractivity contribution is 0.142. The average Bonchev–Trinajstić information content (AvgIpc) is 3.04. The molecule has 0 saturated carbocycles. The van der Waals surface area contributed by atoms with E-state index in [4.69, 9.17) is 11.2 Å². The zero-order valence-electron chi connectivity index (χ0n) is 15.1. The van der Waals surface area contributed by atoms with Gasteiger partial charge in [0.05, 0.1) is 0 Å². The number of rotatable bonds is 4. The van der Waals surface area contributed by atoms with Gasteiger partial charge in [0.15, 0.2) is 0 Å². The molecule has 28 heavy (non-hydrogen) atoms. The first-order valence-electron chi connectivity index (χ1n) is 9.00. The maximum absolute atomic E-state index is 12.3. The number of benzene rings is 3. The Bertz CT molecular complexity index is 1040. The van der Waals surface area contributed by atoms with E-state index in [1.165, 1.54) is 22.3 Å². The summed E-state index contributed by atoms with van der Waals surface area (Å²) in [6, 6.07) is 22.4. The fourth-order valence-corrected chi connectivity index (χ4v) is 4.39. The summed E-state index contributed by atoms with van der Waals surface area (Å²) in [5.74, 6) is 2.69. The van der Waals surface area contributed by atoms with Crippen LogP contribution >= 0.6 is 22.6 Å². The number of carbonyl (C=O) groups is 1. The Labute approximate surface area is 178 Å². The summed E-state index contributed by atoms with van der Waals surface area (Å²) in [6.07, 6.45) is 5.05. The number of nitrogens with one attached hydrogen (secondary N) is 1. The van der Waals surface area contributed by atoms with Crippen molar-refractivity contribution in [1.82, 2.24) is 5.32 Å². The number of carbonyl (C=O) groups excluding carboxylic acids is 1. The maximum Gasteiger partial charge on any atom is 0.407 e. The van der Waals surface area contributed by atoms with E-state index < -0.39 is 6.09 Å². The van der Waals surface area contributed by atoms with Crippen LogP contribution in [0.4, 0.5) is 4.79 Å². The van der Waals surface area contributed by atoms with E-state index in [1.54, 1.807) is 0 Å². The van der Waals surface area contributed by atoms with E-state index in [0.29, 0.717) is 13.2 Å². The minimum atomic E-state index is -0.428. The first-order valence-corrected chi connectivity index (χ1v) is 10.1. The van der Waals surface area contributed by atoms with E-state index in [9.17, 15) is 4.79 Å². The van der Waals surface area contributed by atoms with Gasteiger partial charge in [0.1, 0.15) is 6.61 Å². The molecule has 0 bridgehead atoms. The Morgan fingerprint density at radius 1 is 1.04 bits per heavy atom. The predicted molar refractivity (Wildman–Crippen MR) is 119 cm³/mol. The highest BCUT2D eigenvalue weighted by molar-refractivity contribution is 14.1. The number of terminal acetylenes is 1. The topological polar surface area (TPSA) is 38.3 Å². The molecule has 0 unspecified atom stereocenters. The molecule has 3 nitrogen and oxygen atoms in total. The minimum Gasteiger partial charge on any atom is -0.449 e. The molecule has 1 aliphatic carbocycles. The third kappa shape index (κ3) is 3.76. The van der Waals surface area contributed by atoms with Crippen LogP contribution in [-0.2, 0) is 11.3 Å². The first-order chi connectivity index (χ1) is 13.7. The molecule has 1 N–H and O–H groups in total. The summed E-state index contributed by atoms with van der Waals surface area (Å²) >= 11 is 2.21. The van der Waals surface area contributed by atoms with Gasteiger partial charge in [0, 0.05) is 21.6 Å². The number of amides is 1. The molecule has 3 aromatic carbocycles. The highest BCUT2D eigenvalue weighted by atomic mass is 127. The van der Waals surface area contributed by atoms with Crippen LogP contribution in [-0.4, -0.2) is 12.7 Å². The molecule has 3 aromatic rings. The van der Waals surface area contributed by atoms with Gasteiger partial charge in [-0.05, 0) is 68.6 Å². The van der Waals surface area contributed by atoms with Crippen LogP contribution in [0.1, 0.15) is 28.2 Å². The van der Waals surface area contributed by atoms with Gasteiger partial charge in [0.2, 0.25) is 0 Å². The lowest BCUT2D eigenvalue weighted by Gasteiger charge is -2.14. The molecule has 0 heterocycles. The van der Waals surface area contributed by atoms with E-state index >= 15 is 0 Å². The van der Waals surface area contributed by atoms with Crippen molar-refractivity contribution < 1.29 is 9.53 Å².